The number of aliphatic imine (C=N–C) groups is 1. The molecule has 0 aromatic heterocycles. The molecule has 7 nitrogen and oxygen atoms in total. The SMILES string of the molecule is C#CC[N+]1(CCCN=C(NC#N)Nc2cc(C(C)=O)cc(C(C)=O)c2)CCC(Cc2ccc(F)cc2)CC1. The molecule has 2 aromatic rings. The lowest BCUT2D eigenvalue weighted by atomic mass is 9.88. The number of hydrogen-bond acceptors (Lipinski definition) is 4. The van der Waals surface area contributed by atoms with Gasteiger partial charge >= 0.3 is 0 Å². The molecule has 0 unspecified atom stereocenters. The molecule has 1 aliphatic rings. The van der Waals surface area contributed by atoms with E-state index in [0.29, 0.717) is 35.8 Å². The lowest BCUT2D eigenvalue weighted by molar-refractivity contribution is -0.927. The van der Waals surface area contributed by atoms with Crippen LogP contribution in [-0.4, -0.2) is 54.7 Å². The first kappa shape index (κ1) is 28.6. The number of halogens is 1. The highest BCUT2D eigenvalue weighted by atomic mass is 19.1. The molecule has 1 aliphatic heterocycles. The predicted molar refractivity (Wildman–Crippen MR) is 147 cm³/mol. The van der Waals surface area contributed by atoms with Crippen molar-refractivity contribution in [3.63, 3.8) is 0 Å². The van der Waals surface area contributed by atoms with Gasteiger partial charge in [0.1, 0.15) is 12.4 Å². The van der Waals surface area contributed by atoms with E-state index in [4.69, 9.17) is 6.42 Å². The summed E-state index contributed by atoms with van der Waals surface area (Å²) in [5.41, 5.74) is 2.47. The molecule has 0 atom stereocenters. The van der Waals surface area contributed by atoms with E-state index in [1.807, 2.05) is 18.3 Å². The highest BCUT2D eigenvalue weighted by Crippen LogP contribution is 2.27. The van der Waals surface area contributed by atoms with Crippen LogP contribution < -0.4 is 10.6 Å². The molecule has 198 valence electrons. The molecule has 8 heteroatoms. The van der Waals surface area contributed by atoms with Crippen LogP contribution in [0.5, 0.6) is 0 Å². The zero-order valence-electron chi connectivity index (χ0n) is 22.1. The molecular formula is C30H35FN5O2+. The number of hydrogen-bond donors (Lipinski definition) is 2. The largest absolute Gasteiger partial charge is 0.325 e. The van der Waals surface area contributed by atoms with Gasteiger partial charge in [0.2, 0.25) is 5.96 Å². The van der Waals surface area contributed by atoms with Crippen molar-refractivity contribution in [1.29, 1.82) is 5.26 Å². The number of carbonyl (C=O) groups is 2. The number of nitriles is 1. The summed E-state index contributed by atoms with van der Waals surface area (Å²) in [4.78, 5) is 28.3. The normalized spacial score (nSPS) is 19.2. The van der Waals surface area contributed by atoms with Gasteiger partial charge in [-0.15, -0.1) is 6.42 Å². The standard InChI is InChI=1S/C30H35FN5O2/c1-4-13-36(15-10-25(11-16-36)17-24-6-8-28(31)9-7-24)14-5-12-33-30(34-21-32)35-29-19-26(22(2)37)18-27(20-29)23(3)38/h1,6-9,18-20,25H,5,10-17H2,2-3H3,(H2,33,34,35)/q+1. The van der Waals surface area contributed by atoms with E-state index in [1.54, 1.807) is 18.2 Å². The van der Waals surface area contributed by atoms with E-state index in [1.165, 1.54) is 26.0 Å². The number of benzene rings is 2. The van der Waals surface area contributed by atoms with E-state index < -0.39 is 0 Å². The van der Waals surface area contributed by atoms with Gasteiger partial charge in [-0.3, -0.25) is 19.9 Å². The van der Waals surface area contributed by atoms with E-state index in [0.717, 1.165) is 55.4 Å². The van der Waals surface area contributed by atoms with Crippen molar-refractivity contribution in [3.8, 4) is 18.5 Å². The molecule has 0 radical (unpaired) electrons. The number of anilines is 1. The number of carbonyl (C=O) groups excluding carboxylic acids is 2. The van der Waals surface area contributed by atoms with Crippen LogP contribution in [0.4, 0.5) is 10.1 Å². The second kappa shape index (κ2) is 13.5. The topological polar surface area (TPSA) is 94.3 Å². The molecule has 0 spiro atoms. The Morgan fingerprint density at radius 3 is 2.29 bits per heavy atom. The second-order valence-corrected chi connectivity index (χ2v) is 10.0. The number of guanidine groups is 1. The van der Waals surface area contributed by atoms with Crippen molar-refractivity contribution in [2.45, 2.75) is 39.5 Å². The van der Waals surface area contributed by atoms with Gasteiger partial charge in [0, 0.05) is 29.8 Å². The first-order valence-electron chi connectivity index (χ1n) is 12.9. The summed E-state index contributed by atoms with van der Waals surface area (Å²) in [5.74, 6) is 3.13. The maximum absolute atomic E-state index is 13.2. The Morgan fingerprint density at radius 1 is 1.11 bits per heavy atom. The van der Waals surface area contributed by atoms with Crippen LogP contribution in [0, 0.1) is 35.5 Å². The third kappa shape index (κ3) is 8.26. The summed E-state index contributed by atoms with van der Waals surface area (Å²) < 4.78 is 14.1. The molecule has 0 aliphatic carbocycles. The number of ketones is 2. The smallest absolute Gasteiger partial charge is 0.209 e. The van der Waals surface area contributed by atoms with E-state index >= 15 is 0 Å². The quantitative estimate of drug-likeness (QED) is 0.0706. The number of likely N-dealkylation sites (tertiary alicyclic amines) is 1. The van der Waals surface area contributed by atoms with Crippen LogP contribution in [0.25, 0.3) is 0 Å². The summed E-state index contributed by atoms with van der Waals surface area (Å²) in [6.07, 6.45) is 11.5. The average molecular weight is 517 g/mol. The molecule has 38 heavy (non-hydrogen) atoms. The number of nitrogens with zero attached hydrogens (tertiary/aromatic N) is 3. The Hall–Kier alpha value is -4.01. The van der Waals surface area contributed by atoms with Gasteiger partial charge in [0.05, 0.1) is 19.6 Å². The number of Topliss-reactive ketones (excluding diaryl/α,β-unsaturated/α-hetero) is 2. The third-order valence-electron chi connectivity index (χ3n) is 7.13. The Morgan fingerprint density at radius 2 is 1.74 bits per heavy atom. The number of quaternary nitrogens is 1. The zero-order valence-corrected chi connectivity index (χ0v) is 22.1. The molecular weight excluding hydrogens is 481 g/mol. The van der Waals surface area contributed by atoms with Gasteiger partial charge in [0.15, 0.2) is 17.8 Å². The van der Waals surface area contributed by atoms with E-state index in [2.05, 4.69) is 21.5 Å². The summed E-state index contributed by atoms with van der Waals surface area (Å²) in [5, 5.41) is 14.8. The van der Waals surface area contributed by atoms with Gasteiger partial charge in [-0.25, -0.2) is 4.39 Å². The lowest BCUT2D eigenvalue weighted by Crippen LogP contribution is -2.54. The van der Waals surface area contributed by atoms with Crippen molar-refractivity contribution in [2.24, 2.45) is 10.9 Å². The van der Waals surface area contributed by atoms with Crippen molar-refractivity contribution >= 4 is 23.2 Å². The maximum atomic E-state index is 13.2. The predicted octanol–water partition coefficient (Wildman–Crippen LogP) is 4.56. The Bertz CT molecular complexity index is 1220. The van der Waals surface area contributed by atoms with Gasteiger partial charge < -0.3 is 9.80 Å². The minimum Gasteiger partial charge on any atom is -0.325 e. The van der Waals surface area contributed by atoms with Gasteiger partial charge in [-0.1, -0.05) is 12.1 Å². The Kier molecular flexibility index (Phi) is 10.2. The zero-order chi connectivity index (χ0) is 27.5. The molecule has 1 heterocycles. The summed E-state index contributed by atoms with van der Waals surface area (Å²) in [7, 11) is 0. The molecule has 3 rings (SSSR count). The monoisotopic (exact) mass is 516 g/mol. The molecule has 0 bridgehead atoms. The molecule has 0 saturated carbocycles. The number of nitrogens with one attached hydrogen (secondary N) is 2. The van der Waals surface area contributed by atoms with Crippen molar-refractivity contribution < 1.29 is 18.5 Å². The molecule has 2 aromatic carbocycles. The maximum Gasteiger partial charge on any atom is 0.209 e. The number of terminal acetylenes is 1. The van der Waals surface area contributed by atoms with Crippen LogP contribution in [0.3, 0.4) is 0 Å². The fourth-order valence-electron chi connectivity index (χ4n) is 4.98. The minimum absolute atomic E-state index is 0.160. The lowest BCUT2D eigenvalue weighted by Gasteiger charge is -2.42. The van der Waals surface area contributed by atoms with Gasteiger partial charge in [0.25, 0.3) is 0 Å². The Balaban J connectivity index is 1.59. The highest BCUT2D eigenvalue weighted by molar-refractivity contribution is 6.03. The highest BCUT2D eigenvalue weighted by Gasteiger charge is 2.32. The summed E-state index contributed by atoms with van der Waals surface area (Å²) in [6.45, 7) is 6.88. The van der Waals surface area contributed by atoms with Crippen molar-refractivity contribution in [1.82, 2.24) is 5.32 Å². The van der Waals surface area contributed by atoms with Crippen LogP contribution in [0.2, 0.25) is 0 Å². The third-order valence-corrected chi connectivity index (χ3v) is 7.13. The van der Waals surface area contributed by atoms with E-state index in [9.17, 15) is 19.2 Å². The van der Waals surface area contributed by atoms with Crippen LogP contribution in [0.15, 0.2) is 47.5 Å². The second-order valence-electron chi connectivity index (χ2n) is 10.0. The van der Waals surface area contributed by atoms with Gasteiger partial charge in [-0.05, 0) is 80.8 Å². The van der Waals surface area contributed by atoms with Crippen molar-refractivity contribution in [3.05, 3.63) is 65.0 Å². The minimum atomic E-state index is -0.210. The van der Waals surface area contributed by atoms with Gasteiger partial charge in [-0.2, -0.15) is 5.26 Å². The fourth-order valence-corrected chi connectivity index (χ4v) is 4.98. The molecule has 1 saturated heterocycles. The molecule has 2 N–H and O–H groups in total. The Labute approximate surface area is 224 Å². The van der Waals surface area contributed by atoms with E-state index in [-0.39, 0.29) is 23.3 Å². The molecule has 1 fully saturated rings. The number of rotatable bonds is 10. The first-order chi connectivity index (χ1) is 18.2. The van der Waals surface area contributed by atoms with Crippen molar-refractivity contribution in [2.75, 3.05) is 38.0 Å². The summed E-state index contributed by atoms with van der Waals surface area (Å²) >= 11 is 0. The van der Waals surface area contributed by atoms with Crippen LogP contribution >= 0.6 is 0 Å². The van der Waals surface area contributed by atoms with Crippen LogP contribution in [-0.2, 0) is 6.42 Å². The number of piperidine rings is 1. The summed E-state index contributed by atoms with van der Waals surface area (Å²) in [6, 6.07) is 11.6. The first-order valence-corrected chi connectivity index (χ1v) is 12.9. The average Bonchev–Trinajstić information content (AvgIpc) is 2.89. The molecule has 0 amide bonds. The fraction of sp³-hybridized carbons (Fsp3) is 0.400. The van der Waals surface area contributed by atoms with Crippen LogP contribution in [0.1, 0.15) is 59.4 Å².